The van der Waals surface area contributed by atoms with E-state index in [1.807, 2.05) is 12.1 Å². The Morgan fingerprint density at radius 2 is 1.03 bits per heavy atom. The van der Waals surface area contributed by atoms with E-state index in [-0.39, 0.29) is 0 Å². The lowest BCUT2D eigenvalue weighted by atomic mass is 9.60. The van der Waals surface area contributed by atoms with Crippen molar-refractivity contribution in [1.29, 1.82) is 0 Å². The zero-order chi connectivity index (χ0) is 22.4. The molecule has 2 aromatic heterocycles. The van der Waals surface area contributed by atoms with Gasteiger partial charge in [-0.25, -0.2) is 0 Å². The van der Waals surface area contributed by atoms with Crippen molar-refractivity contribution in [2.24, 2.45) is 0 Å². The number of fused-ring (bicyclic) bond motifs is 8. The van der Waals surface area contributed by atoms with Crippen LogP contribution in [0.1, 0.15) is 0 Å². The lowest BCUT2D eigenvalue weighted by Gasteiger charge is -2.24. The summed E-state index contributed by atoms with van der Waals surface area (Å²) in [7, 11) is 8.93. The Labute approximate surface area is 198 Å². The summed E-state index contributed by atoms with van der Waals surface area (Å²) in [6.45, 7) is 0. The minimum atomic E-state index is 0.788. The molecule has 8 rings (SSSR count). The third-order valence-corrected chi connectivity index (χ3v) is 7.29. The van der Waals surface area contributed by atoms with Gasteiger partial charge >= 0.3 is 0 Å². The summed E-state index contributed by atoms with van der Waals surface area (Å²) >= 11 is 0. The molecule has 0 bridgehead atoms. The van der Waals surface area contributed by atoms with Crippen LogP contribution in [0, 0.1) is 0 Å². The highest BCUT2D eigenvalue weighted by Gasteiger charge is 2.26. The summed E-state index contributed by atoms with van der Waals surface area (Å²) in [5.74, 6) is 0. The molecule has 3 heterocycles. The molecule has 0 amide bonds. The highest BCUT2D eigenvalue weighted by atomic mass is 15.0. The maximum atomic E-state index is 6.59. The van der Waals surface area contributed by atoms with Crippen LogP contribution in [0.5, 0.6) is 0 Å². The molecule has 4 heteroatoms. The van der Waals surface area contributed by atoms with Gasteiger partial charge in [0.15, 0.2) is 7.28 Å². The Morgan fingerprint density at radius 1 is 0.500 bits per heavy atom. The fourth-order valence-corrected chi connectivity index (χ4v) is 5.94. The third-order valence-electron chi connectivity index (χ3n) is 7.29. The first kappa shape index (κ1) is 18.3. The molecule has 0 spiro atoms. The van der Waals surface area contributed by atoms with Gasteiger partial charge in [0.2, 0.25) is 0 Å². The largest absolute Gasteiger partial charge is 0.310 e. The van der Waals surface area contributed by atoms with Gasteiger partial charge in [0.05, 0.1) is 11.0 Å². The van der Waals surface area contributed by atoms with E-state index in [2.05, 4.69) is 107 Å². The number of nitrogens with zero attached hydrogens (tertiary/aromatic N) is 2. The van der Waals surface area contributed by atoms with Gasteiger partial charge in [0, 0.05) is 44.0 Å². The van der Waals surface area contributed by atoms with Crippen LogP contribution in [0.15, 0.2) is 103 Å². The van der Waals surface area contributed by atoms with Crippen LogP contribution in [0.4, 0.5) is 0 Å². The van der Waals surface area contributed by atoms with E-state index in [9.17, 15) is 0 Å². The van der Waals surface area contributed by atoms with Gasteiger partial charge in [-0.05, 0) is 29.7 Å². The lowest BCUT2D eigenvalue weighted by molar-refractivity contribution is 1.15. The van der Waals surface area contributed by atoms with Gasteiger partial charge in [0.25, 0.3) is 0 Å². The fraction of sp³-hybridized carbons (Fsp3) is 0. The van der Waals surface area contributed by atoms with Crippen LogP contribution in [0.25, 0.3) is 55.0 Å². The average Bonchev–Trinajstić information content (AvgIpc) is 3.40. The fourth-order valence-electron chi connectivity index (χ4n) is 5.94. The molecular formula is C30H17B2N2. The van der Waals surface area contributed by atoms with Gasteiger partial charge in [-0.2, -0.15) is 0 Å². The Kier molecular flexibility index (Phi) is 3.47. The predicted molar refractivity (Wildman–Crippen MR) is 146 cm³/mol. The minimum Gasteiger partial charge on any atom is -0.310 e. The summed E-state index contributed by atoms with van der Waals surface area (Å²) in [6, 6.07) is 36.7. The molecule has 3 radical (unpaired) electrons. The van der Waals surface area contributed by atoms with Crippen molar-refractivity contribution in [2.45, 2.75) is 0 Å². The molecule has 1 aliphatic rings. The quantitative estimate of drug-likeness (QED) is 0.338. The zero-order valence-electron chi connectivity index (χ0n) is 18.4. The van der Waals surface area contributed by atoms with Crippen molar-refractivity contribution >= 4 is 75.1 Å². The second kappa shape index (κ2) is 6.45. The number of para-hydroxylation sites is 4. The van der Waals surface area contributed by atoms with Gasteiger partial charge in [0.1, 0.15) is 7.85 Å². The molecule has 0 atom stereocenters. The summed E-state index contributed by atoms with van der Waals surface area (Å²) in [5.41, 5.74) is 10.3. The molecule has 0 N–H and O–H groups in total. The van der Waals surface area contributed by atoms with Crippen molar-refractivity contribution in [3.05, 3.63) is 103 Å². The van der Waals surface area contributed by atoms with Crippen molar-refractivity contribution in [3.8, 4) is 11.4 Å². The van der Waals surface area contributed by atoms with Gasteiger partial charge in [-0.1, -0.05) is 89.8 Å². The number of hydrogen-bond acceptors (Lipinski definition) is 0. The molecule has 0 saturated carbocycles. The Bertz CT molecular complexity index is 1960. The Hall–Kier alpha value is -4.17. The predicted octanol–water partition coefficient (Wildman–Crippen LogP) is 4.64. The minimum absolute atomic E-state index is 0.788. The van der Waals surface area contributed by atoms with Crippen LogP contribution >= 0.6 is 0 Å². The van der Waals surface area contributed by atoms with E-state index in [0.29, 0.717) is 0 Å². The highest BCUT2D eigenvalue weighted by molar-refractivity contribution is 6.73. The highest BCUT2D eigenvalue weighted by Crippen LogP contribution is 2.34. The topological polar surface area (TPSA) is 9.86 Å². The summed E-state index contributed by atoms with van der Waals surface area (Å²) in [6.07, 6.45) is 0. The standard InChI is InChI=1S/C30H17B2N2/c31-22-12-5-10-20-18-8-1-3-14-24(18)33(29(20)22)26-16-7-17-27-28(26)32-23-13-6-11-21-19-9-2-4-15-25(19)34(27)30(21)23/h1-17H. The van der Waals surface area contributed by atoms with Gasteiger partial charge in [-0.15, -0.1) is 0 Å². The molecule has 34 heavy (non-hydrogen) atoms. The van der Waals surface area contributed by atoms with E-state index in [0.717, 1.165) is 16.7 Å². The van der Waals surface area contributed by atoms with E-state index < -0.39 is 0 Å². The summed E-state index contributed by atoms with van der Waals surface area (Å²) < 4.78 is 4.77. The number of aromatic nitrogens is 2. The maximum Gasteiger partial charge on any atom is 0.199 e. The molecule has 2 nitrogen and oxygen atoms in total. The second-order valence-corrected chi connectivity index (χ2v) is 9.05. The van der Waals surface area contributed by atoms with Gasteiger partial charge < -0.3 is 9.13 Å². The van der Waals surface area contributed by atoms with Crippen LogP contribution < -0.4 is 16.4 Å². The molecule has 0 saturated heterocycles. The number of benzene rings is 5. The Balaban J connectivity index is 1.55. The molecule has 5 aromatic carbocycles. The van der Waals surface area contributed by atoms with E-state index >= 15 is 0 Å². The summed E-state index contributed by atoms with van der Waals surface area (Å²) in [5, 5.41) is 4.97. The van der Waals surface area contributed by atoms with Crippen LogP contribution in [-0.2, 0) is 0 Å². The third kappa shape index (κ3) is 2.18. The molecule has 0 fully saturated rings. The molecular weight excluding hydrogens is 410 g/mol. The molecule has 7 aromatic rings. The van der Waals surface area contributed by atoms with Crippen molar-refractivity contribution in [3.63, 3.8) is 0 Å². The maximum absolute atomic E-state index is 6.59. The van der Waals surface area contributed by atoms with Crippen LogP contribution in [0.3, 0.4) is 0 Å². The first-order valence-electron chi connectivity index (χ1n) is 11.6. The Morgan fingerprint density at radius 3 is 1.74 bits per heavy atom. The number of rotatable bonds is 1. The van der Waals surface area contributed by atoms with E-state index in [1.54, 1.807) is 0 Å². The number of hydrogen-bond donors (Lipinski definition) is 0. The molecule has 0 aliphatic carbocycles. The SMILES string of the molecule is [B]c1cccc2c3ccccc3n(-c3cccc4c3[B]c3cccc5c6ccccc6n-4c35)c12. The monoisotopic (exact) mass is 427 g/mol. The van der Waals surface area contributed by atoms with Crippen LogP contribution in [-0.4, -0.2) is 24.3 Å². The van der Waals surface area contributed by atoms with Gasteiger partial charge in [-0.3, -0.25) is 0 Å². The van der Waals surface area contributed by atoms with Crippen molar-refractivity contribution in [2.75, 3.05) is 0 Å². The first-order chi connectivity index (χ1) is 16.8. The molecule has 0 unspecified atom stereocenters. The second-order valence-electron chi connectivity index (χ2n) is 9.05. The van der Waals surface area contributed by atoms with E-state index in [4.69, 9.17) is 7.85 Å². The van der Waals surface area contributed by atoms with Crippen LogP contribution in [0.2, 0.25) is 0 Å². The molecule has 1 aliphatic heterocycles. The molecule has 153 valence electrons. The summed E-state index contributed by atoms with van der Waals surface area (Å²) in [4.78, 5) is 0. The lowest BCUT2D eigenvalue weighted by Crippen LogP contribution is -2.38. The first-order valence-corrected chi connectivity index (χ1v) is 11.6. The van der Waals surface area contributed by atoms with Crippen molar-refractivity contribution in [1.82, 2.24) is 9.13 Å². The smallest absolute Gasteiger partial charge is 0.199 e. The average molecular weight is 427 g/mol. The van der Waals surface area contributed by atoms with E-state index in [1.165, 1.54) is 54.7 Å². The zero-order valence-corrected chi connectivity index (χ0v) is 18.4. The normalized spacial score (nSPS) is 12.5. The van der Waals surface area contributed by atoms with Crippen molar-refractivity contribution < 1.29 is 0 Å².